The van der Waals surface area contributed by atoms with Crippen LogP contribution in [0.5, 0.6) is 0 Å². The monoisotopic (exact) mass is 338 g/mol. The van der Waals surface area contributed by atoms with Gasteiger partial charge < -0.3 is 5.73 Å². The Bertz CT molecular complexity index is 552. The highest BCUT2D eigenvalue weighted by Gasteiger charge is 2.16. The van der Waals surface area contributed by atoms with Crippen molar-refractivity contribution in [2.75, 3.05) is 6.54 Å². The fourth-order valence-corrected chi connectivity index (χ4v) is 3.46. The lowest BCUT2D eigenvalue weighted by Crippen LogP contribution is -2.29. The molecule has 1 aliphatic carbocycles. The van der Waals surface area contributed by atoms with Gasteiger partial charge in [-0.1, -0.05) is 57.8 Å². The van der Waals surface area contributed by atoms with E-state index in [0.29, 0.717) is 11.9 Å². The van der Waals surface area contributed by atoms with Crippen LogP contribution in [0.3, 0.4) is 0 Å². The van der Waals surface area contributed by atoms with Crippen LogP contribution in [0.2, 0.25) is 0 Å². The molecule has 0 bridgehead atoms. The van der Waals surface area contributed by atoms with Crippen molar-refractivity contribution in [1.82, 2.24) is 14.3 Å². The highest BCUT2D eigenvalue weighted by atomic mass is 19.1. The molecule has 5 nitrogen and oxygen atoms in total. The summed E-state index contributed by atoms with van der Waals surface area (Å²) in [6.45, 7) is 0.227. The molecule has 0 spiro atoms. The summed E-state index contributed by atoms with van der Waals surface area (Å²) in [5.74, 6) is 0. The molecule has 0 saturated heterocycles. The minimum atomic E-state index is -0.153. The highest BCUT2D eigenvalue weighted by Crippen LogP contribution is 2.23. The Morgan fingerprint density at radius 3 is 2.17 bits per heavy atom. The average Bonchev–Trinajstić information content (AvgIpc) is 2.94. The van der Waals surface area contributed by atoms with Gasteiger partial charge in [-0.2, -0.15) is 5.10 Å². The van der Waals surface area contributed by atoms with Gasteiger partial charge in [0.2, 0.25) is 0 Å². The minimum Gasteiger partial charge on any atom is -0.327 e. The molecule has 6 heteroatoms. The first kappa shape index (κ1) is 18.9. The van der Waals surface area contributed by atoms with Gasteiger partial charge in [0, 0.05) is 12.6 Å². The van der Waals surface area contributed by atoms with Gasteiger partial charge in [-0.3, -0.25) is 4.57 Å². The quantitative estimate of drug-likeness (QED) is 0.910. The number of nitrogens with zero attached hydrogens (tertiary/aromatic N) is 3. The van der Waals surface area contributed by atoms with Gasteiger partial charge in [-0.25, -0.2) is 13.9 Å². The Labute approximate surface area is 143 Å². The predicted molar refractivity (Wildman–Crippen MR) is 94.6 cm³/mol. The van der Waals surface area contributed by atoms with Crippen LogP contribution in [0.25, 0.3) is 0 Å². The van der Waals surface area contributed by atoms with Crippen molar-refractivity contribution in [3.63, 3.8) is 0 Å². The number of rotatable bonds is 4. The number of aromatic nitrogens is 3. The van der Waals surface area contributed by atoms with Crippen LogP contribution in [0.4, 0.5) is 4.39 Å². The molecule has 0 aliphatic heterocycles. The van der Waals surface area contributed by atoms with Gasteiger partial charge in [-0.05, 0) is 18.4 Å². The standard InChI is InChI=1S/C18H31FN4O/c19-12-16(13-20)14-23-18(24)22(15-21-23)17-10-8-6-4-2-1-3-5-7-9-11-17/h12,15,17H,1-11,13-14,20H2/b16-12+. The summed E-state index contributed by atoms with van der Waals surface area (Å²) in [6, 6.07) is 0.210. The largest absolute Gasteiger partial charge is 0.346 e. The van der Waals surface area contributed by atoms with Gasteiger partial charge in [-0.15, -0.1) is 0 Å². The number of hydrogen-bond donors (Lipinski definition) is 1. The van der Waals surface area contributed by atoms with E-state index in [1.54, 1.807) is 10.9 Å². The van der Waals surface area contributed by atoms with Crippen molar-refractivity contribution < 1.29 is 4.39 Å². The van der Waals surface area contributed by atoms with Gasteiger partial charge in [0.05, 0.1) is 12.9 Å². The summed E-state index contributed by atoms with van der Waals surface area (Å²) in [7, 11) is 0. The van der Waals surface area contributed by atoms with E-state index >= 15 is 0 Å². The van der Waals surface area contributed by atoms with Crippen molar-refractivity contribution in [3.05, 3.63) is 28.7 Å². The van der Waals surface area contributed by atoms with Gasteiger partial charge in [0.25, 0.3) is 0 Å². The zero-order valence-electron chi connectivity index (χ0n) is 14.6. The lowest BCUT2D eigenvalue weighted by Gasteiger charge is -2.18. The Kier molecular flexibility index (Phi) is 8.22. The van der Waals surface area contributed by atoms with E-state index in [0.717, 1.165) is 25.7 Å². The average molecular weight is 338 g/mol. The second kappa shape index (κ2) is 10.4. The molecule has 0 amide bonds. The van der Waals surface area contributed by atoms with E-state index in [-0.39, 0.29) is 24.8 Å². The maximum absolute atomic E-state index is 12.7. The van der Waals surface area contributed by atoms with E-state index in [4.69, 9.17) is 5.73 Å². The van der Waals surface area contributed by atoms with Crippen molar-refractivity contribution in [2.24, 2.45) is 5.73 Å². The summed E-state index contributed by atoms with van der Waals surface area (Å²) in [4.78, 5) is 12.6. The third kappa shape index (κ3) is 5.58. The molecular formula is C18H31FN4O. The molecule has 1 aliphatic rings. The molecule has 0 aromatic carbocycles. The van der Waals surface area contributed by atoms with Gasteiger partial charge in [0.1, 0.15) is 6.33 Å². The molecule has 1 fully saturated rings. The fourth-order valence-electron chi connectivity index (χ4n) is 3.46. The van der Waals surface area contributed by atoms with E-state index in [2.05, 4.69) is 5.10 Å². The molecule has 24 heavy (non-hydrogen) atoms. The first-order valence-electron chi connectivity index (χ1n) is 9.38. The minimum absolute atomic E-state index is 0.0965. The smallest absolute Gasteiger partial charge is 0.327 e. The third-order valence-corrected chi connectivity index (χ3v) is 4.99. The lowest BCUT2D eigenvalue weighted by molar-refractivity contribution is 0.377. The van der Waals surface area contributed by atoms with Crippen LogP contribution in [0.1, 0.15) is 76.7 Å². The third-order valence-electron chi connectivity index (χ3n) is 4.99. The lowest BCUT2D eigenvalue weighted by atomic mass is 9.98. The molecule has 1 aromatic rings. The fraction of sp³-hybridized carbons (Fsp3) is 0.778. The normalized spacial score (nSPS) is 19.7. The molecule has 0 unspecified atom stereocenters. The first-order chi connectivity index (χ1) is 11.8. The van der Waals surface area contributed by atoms with Crippen molar-refractivity contribution in [2.45, 2.75) is 83.2 Å². The summed E-state index contributed by atoms with van der Waals surface area (Å²) in [5.41, 5.74) is 5.69. The Balaban J connectivity index is 2.05. The molecule has 0 radical (unpaired) electrons. The molecule has 2 N–H and O–H groups in total. The van der Waals surface area contributed by atoms with Crippen LogP contribution in [-0.4, -0.2) is 20.9 Å². The predicted octanol–water partition coefficient (Wildman–Crippen LogP) is 3.70. The van der Waals surface area contributed by atoms with Gasteiger partial charge >= 0.3 is 5.69 Å². The molecule has 1 saturated carbocycles. The second-order valence-corrected chi connectivity index (χ2v) is 6.86. The Morgan fingerprint density at radius 1 is 1.12 bits per heavy atom. The molecule has 0 atom stereocenters. The van der Waals surface area contributed by atoms with Crippen LogP contribution in [0.15, 0.2) is 23.0 Å². The van der Waals surface area contributed by atoms with Crippen molar-refractivity contribution >= 4 is 0 Å². The molecule has 1 aromatic heterocycles. The molecule has 136 valence electrons. The summed E-state index contributed by atoms with van der Waals surface area (Å²) >= 11 is 0. The second-order valence-electron chi connectivity index (χ2n) is 6.86. The van der Waals surface area contributed by atoms with Crippen LogP contribution in [-0.2, 0) is 6.54 Å². The van der Waals surface area contributed by atoms with Crippen LogP contribution >= 0.6 is 0 Å². The molecular weight excluding hydrogens is 307 g/mol. The summed E-state index contributed by atoms with van der Waals surface area (Å²) in [6.07, 6.45) is 15.5. The van der Waals surface area contributed by atoms with Crippen LogP contribution in [0, 0.1) is 0 Å². The zero-order chi connectivity index (χ0) is 17.2. The topological polar surface area (TPSA) is 65.8 Å². The highest BCUT2D eigenvalue weighted by molar-refractivity contribution is 4.99. The Morgan fingerprint density at radius 2 is 1.67 bits per heavy atom. The number of halogens is 1. The number of hydrogen-bond acceptors (Lipinski definition) is 3. The van der Waals surface area contributed by atoms with Crippen molar-refractivity contribution in [3.8, 4) is 0 Å². The van der Waals surface area contributed by atoms with E-state index < -0.39 is 0 Å². The Hall–Kier alpha value is -1.43. The van der Waals surface area contributed by atoms with Crippen LogP contribution < -0.4 is 11.4 Å². The maximum Gasteiger partial charge on any atom is 0.346 e. The molecule has 2 rings (SSSR count). The zero-order valence-corrected chi connectivity index (χ0v) is 14.6. The molecule has 1 heterocycles. The first-order valence-corrected chi connectivity index (χ1v) is 9.38. The summed E-state index contributed by atoms with van der Waals surface area (Å²) < 4.78 is 15.8. The summed E-state index contributed by atoms with van der Waals surface area (Å²) in [5, 5.41) is 4.16. The van der Waals surface area contributed by atoms with E-state index in [1.165, 1.54) is 49.6 Å². The number of nitrogens with two attached hydrogens (primary N) is 1. The SMILES string of the molecule is NC/C(=C\F)Cn1ncn(C2CCCCCCCCCCC2)c1=O. The van der Waals surface area contributed by atoms with E-state index in [9.17, 15) is 9.18 Å². The van der Waals surface area contributed by atoms with Gasteiger partial charge in [0.15, 0.2) is 0 Å². The van der Waals surface area contributed by atoms with E-state index in [1.807, 2.05) is 0 Å². The van der Waals surface area contributed by atoms with Crippen molar-refractivity contribution in [1.29, 1.82) is 0 Å². The maximum atomic E-state index is 12.7.